The average molecular weight is 617 g/mol. The number of carboxylic acid groups (broad SMARTS) is 1. The third-order valence-corrected chi connectivity index (χ3v) is 7.12. The Kier molecular flexibility index (Phi) is 9.48. The summed E-state index contributed by atoms with van der Waals surface area (Å²) in [6.45, 7) is 0.0468. The molecule has 0 bridgehead atoms. The number of hydrogen-bond acceptors (Lipinski definition) is 9. The summed E-state index contributed by atoms with van der Waals surface area (Å²) in [5.74, 6) is -2.68. The number of primary amides is 1. The molecule has 7 N–H and O–H groups in total. The molecule has 234 valence electrons. The van der Waals surface area contributed by atoms with E-state index in [0.717, 1.165) is 24.5 Å². The molecule has 0 fully saturated rings. The predicted molar refractivity (Wildman–Crippen MR) is 162 cm³/mol. The molecule has 0 saturated heterocycles. The van der Waals surface area contributed by atoms with E-state index in [9.17, 15) is 29.1 Å². The van der Waals surface area contributed by atoms with Crippen molar-refractivity contribution in [2.45, 2.75) is 32.9 Å². The number of carboxylic acids is 1. The van der Waals surface area contributed by atoms with E-state index in [1.54, 1.807) is 24.3 Å². The van der Waals surface area contributed by atoms with Crippen LogP contribution >= 0.6 is 0 Å². The van der Waals surface area contributed by atoms with E-state index < -0.39 is 17.8 Å². The Hall–Kier alpha value is -5.76. The summed E-state index contributed by atoms with van der Waals surface area (Å²) in [5.41, 5.74) is 15.0. The second-order valence-corrected chi connectivity index (χ2v) is 10.1. The van der Waals surface area contributed by atoms with Gasteiger partial charge < -0.3 is 36.7 Å². The number of aromatic carboxylic acids is 1. The molecule has 0 radical (unpaired) electrons. The second kappa shape index (κ2) is 13.3. The number of nitrogens with two attached hydrogens (primary N) is 2. The van der Waals surface area contributed by atoms with Crippen molar-refractivity contribution in [1.29, 1.82) is 0 Å². The molecule has 0 spiro atoms. The van der Waals surface area contributed by atoms with Crippen molar-refractivity contribution < 1.29 is 38.6 Å². The number of aryl methyl sites for hydroxylation is 1. The summed E-state index contributed by atoms with van der Waals surface area (Å²) < 4.78 is 11.1. The Balaban J connectivity index is 0.000000258. The molecule has 3 heterocycles. The molecule has 1 aliphatic heterocycles. The molecule has 0 saturated carbocycles. The minimum Gasteiger partial charge on any atom is -0.482 e. The first-order valence-corrected chi connectivity index (χ1v) is 13.4. The molecule has 6 rings (SSSR count). The fraction of sp³-hybridized carbons (Fsp3) is 0.226. The van der Waals surface area contributed by atoms with Crippen LogP contribution in [0, 0.1) is 0 Å². The summed E-state index contributed by atoms with van der Waals surface area (Å²) in [6, 6.07) is 13.2. The zero-order valence-corrected chi connectivity index (χ0v) is 23.5. The van der Waals surface area contributed by atoms with Crippen molar-refractivity contribution in [2.75, 3.05) is 19.0 Å². The molecule has 14 nitrogen and oxygen atoms in total. The number of fused-ring (bicyclic) bond motifs is 3. The smallest absolute Gasteiger partial charge is 0.352 e. The highest BCUT2D eigenvalue weighted by atomic mass is 16.5. The van der Waals surface area contributed by atoms with E-state index in [0.29, 0.717) is 22.6 Å². The van der Waals surface area contributed by atoms with Crippen LogP contribution in [-0.4, -0.2) is 57.9 Å². The highest BCUT2D eigenvalue weighted by molar-refractivity contribution is 5.98. The van der Waals surface area contributed by atoms with Crippen molar-refractivity contribution in [3.63, 3.8) is 0 Å². The molecular weight excluding hydrogens is 584 g/mol. The van der Waals surface area contributed by atoms with Crippen LogP contribution in [0.2, 0.25) is 0 Å². The van der Waals surface area contributed by atoms with E-state index in [2.05, 4.69) is 20.4 Å². The van der Waals surface area contributed by atoms with Gasteiger partial charge in [0.2, 0.25) is 5.91 Å². The van der Waals surface area contributed by atoms with Crippen LogP contribution in [0.15, 0.2) is 54.7 Å². The Morgan fingerprint density at radius 2 is 1.91 bits per heavy atom. The number of carbonyl (C=O) groups is 5. The lowest BCUT2D eigenvalue weighted by Gasteiger charge is -2.18. The van der Waals surface area contributed by atoms with Gasteiger partial charge >= 0.3 is 11.9 Å². The van der Waals surface area contributed by atoms with Gasteiger partial charge in [-0.1, -0.05) is 19.6 Å². The van der Waals surface area contributed by atoms with E-state index >= 15 is 0 Å². The van der Waals surface area contributed by atoms with Crippen LogP contribution in [0.1, 0.15) is 78.3 Å². The third kappa shape index (κ3) is 6.91. The molecule has 1 atom stereocenters. The van der Waals surface area contributed by atoms with Crippen LogP contribution in [0.3, 0.4) is 0 Å². The number of carbonyl (C=O) groups excluding carboxylic acids is 4. The fourth-order valence-electron chi connectivity index (χ4n) is 4.91. The maximum atomic E-state index is 12.6. The van der Waals surface area contributed by atoms with Gasteiger partial charge in [0, 0.05) is 24.8 Å². The van der Waals surface area contributed by atoms with E-state index in [4.69, 9.17) is 16.2 Å². The number of anilines is 1. The van der Waals surface area contributed by atoms with E-state index in [-0.39, 0.29) is 61.1 Å². The lowest BCUT2D eigenvalue weighted by atomic mass is 10.1. The van der Waals surface area contributed by atoms with Crippen LogP contribution in [0.25, 0.3) is 5.65 Å². The van der Waals surface area contributed by atoms with Gasteiger partial charge in [0.15, 0.2) is 6.61 Å². The summed E-state index contributed by atoms with van der Waals surface area (Å²) in [5, 5.41) is 14.8. The van der Waals surface area contributed by atoms with Crippen molar-refractivity contribution >= 4 is 41.0 Å². The maximum absolute atomic E-state index is 12.6. The summed E-state index contributed by atoms with van der Waals surface area (Å²) in [4.78, 5) is 62.3. The maximum Gasteiger partial charge on any atom is 0.352 e. The van der Waals surface area contributed by atoms with Crippen molar-refractivity contribution in [1.82, 2.24) is 14.7 Å². The number of ether oxygens (including phenoxy) is 2. The highest BCUT2D eigenvalue weighted by Crippen LogP contribution is 2.30. The molecule has 2 aliphatic rings. The fourth-order valence-corrected chi connectivity index (χ4v) is 4.91. The number of nitrogens with one attached hydrogen (secondary N) is 2. The largest absolute Gasteiger partial charge is 0.482 e. The number of aromatic nitrogens is 2. The zero-order valence-electron chi connectivity index (χ0n) is 23.5. The number of hydrogen-bond donors (Lipinski definition) is 5. The lowest BCUT2D eigenvalue weighted by molar-refractivity contribution is -0.118. The quantitative estimate of drug-likeness (QED) is 0.199. The standard InChI is InChI=1S/C19H15N5O6.C11H13NO2.CH4/c20-17(26)10-4-15-22-12(5-13(19(28)29)24(15)7-10)18(27)21-6-9-1-2-14-11(3-9)23-16(25)8-30-14;1-14-11(13)8-2-4-9-7(6-8)3-5-10(9)12;/h1-5,7H,6,8H2,(H2,20,26)(H,21,27)(H,23,25)(H,28,29);2,4,6,10H,3,5,12H2,1H3;1H4/t;10-;/m.0./s1. The molecule has 2 aromatic heterocycles. The highest BCUT2D eigenvalue weighted by Gasteiger charge is 2.21. The van der Waals surface area contributed by atoms with Gasteiger partial charge in [-0.3, -0.25) is 18.8 Å². The van der Waals surface area contributed by atoms with Gasteiger partial charge in [-0.25, -0.2) is 14.6 Å². The number of amides is 3. The van der Waals surface area contributed by atoms with Gasteiger partial charge in [0.25, 0.3) is 11.8 Å². The van der Waals surface area contributed by atoms with Gasteiger partial charge in [-0.15, -0.1) is 0 Å². The average Bonchev–Trinajstić information content (AvgIpc) is 3.62. The van der Waals surface area contributed by atoms with Crippen molar-refractivity contribution in [2.24, 2.45) is 11.5 Å². The first-order chi connectivity index (χ1) is 21.0. The number of methoxy groups -OCH3 is 1. The summed E-state index contributed by atoms with van der Waals surface area (Å²) in [6.07, 6.45) is 3.18. The van der Waals surface area contributed by atoms with Gasteiger partial charge in [-0.05, 0) is 59.9 Å². The van der Waals surface area contributed by atoms with Crippen LogP contribution in [0.4, 0.5) is 5.69 Å². The molecule has 2 aromatic carbocycles. The molecule has 14 heteroatoms. The van der Waals surface area contributed by atoms with Crippen LogP contribution in [0.5, 0.6) is 5.75 Å². The van der Waals surface area contributed by atoms with E-state index in [1.807, 2.05) is 12.1 Å². The topological polar surface area (TPSA) is 217 Å². The van der Waals surface area contributed by atoms with E-state index in [1.165, 1.54) is 29.3 Å². The number of benzene rings is 2. The molecular formula is C31H32N6O8. The summed E-state index contributed by atoms with van der Waals surface area (Å²) >= 11 is 0. The number of esters is 1. The minimum atomic E-state index is -1.30. The Morgan fingerprint density at radius 3 is 2.62 bits per heavy atom. The van der Waals surface area contributed by atoms with Gasteiger partial charge in [-0.2, -0.15) is 0 Å². The monoisotopic (exact) mass is 616 g/mol. The van der Waals surface area contributed by atoms with Crippen molar-refractivity contribution in [3.8, 4) is 5.75 Å². The lowest BCUT2D eigenvalue weighted by Crippen LogP contribution is -2.26. The summed E-state index contributed by atoms with van der Waals surface area (Å²) in [7, 11) is 1.39. The Bertz CT molecular complexity index is 1830. The predicted octanol–water partition coefficient (Wildman–Crippen LogP) is 2.45. The second-order valence-electron chi connectivity index (χ2n) is 10.1. The molecule has 1 aliphatic carbocycles. The number of rotatable bonds is 6. The molecule has 45 heavy (non-hydrogen) atoms. The number of nitrogens with zero attached hydrogens (tertiary/aromatic N) is 2. The van der Waals surface area contributed by atoms with Gasteiger partial charge in [0.05, 0.1) is 23.9 Å². The van der Waals surface area contributed by atoms with Crippen LogP contribution in [-0.2, 0) is 22.5 Å². The Morgan fingerprint density at radius 1 is 1.13 bits per heavy atom. The van der Waals surface area contributed by atoms with Crippen LogP contribution < -0.4 is 26.8 Å². The molecule has 4 aromatic rings. The SMILES string of the molecule is C.COC(=O)c1ccc2c(c1)CC[C@@H]2N.NC(=O)c1cc2nc(C(=O)NCc3ccc4c(c3)NC(=O)CO4)cc(C(=O)O)n2c1. The molecule has 3 amide bonds. The minimum absolute atomic E-state index is 0. The third-order valence-electron chi connectivity index (χ3n) is 7.12. The van der Waals surface area contributed by atoms with Gasteiger partial charge in [0.1, 0.15) is 22.8 Å². The van der Waals surface area contributed by atoms with Crippen molar-refractivity contribution in [3.05, 3.63) is 93.9 Å². The first-order valence-electron chi connectivity index (χ1n) is 13.4. The normalized spacial score (nSPS) is 14.4. The Labute approximate surface area is 257 Å². The first kappa shape index (κ1) is 32.2. The zero-order chi connectivity index (χ0) is 31.5. The molecule has 0 unspecified atom stereocenters.